The molecule has 13 heteroatoms. The van der Waals surface area contributed by atoms with Crippen molar-refractivity contribution in [1.29, 1.82) is 0 Å². The van der Waals surface area contributed by atoms with Crippen LogP contribution < -0.4 is 14.8 Å². The van der Waals surface area contributed by atoms with Crippen molar-refractivity contribution in [1.82, 2.24) is 4.58 Å². The molecule has 0 atom stereocenters. The lowest BCUT2D eigenvalue weighted by molar-refractivity contribution is 0.463. The van der Waals surface area contributed by atoms with Crippen LogP contribution >= 0.6 is 23.5 Å². The lowest BCUT2D eigenvalue weighted by Crippen LogP contribution is -2.31. The molecule has 52 heavy (non-hydrogen) atoms. The van der Waals surface area contributed by atoms with E-state index in [1.54, 1.807) is 23.5 Å². The SMILES string of the molecule is CCN(CCSc1ccccc1)c1ccc2c(-c3ccc(S(=O)(=O)O)cc3S(=O)(=O)[O-])c3ccc(=[N+](CC)CCSc4ccccc4)cc-3oc2c1. The molecule has 0 unspecified atom stereocenters. The van der Waals surface area contributed by atoms with Crippen LogP contribution in [0.3, 0.4) is 0 Å². The first-order chi connectivity index (χ1) is 25.0. The van der Waals surface area contributed by atoms with Crippen LogP contribution in [0.5, 0.6) is 0 Å². The number of benzene rings is 5. The van der Waals surface area contributed by atoms with E-state index in [1.165, 1.54) is 15.9 Å². The van der Waals surface area contributed by atoms with Crippen LogP contribution in [0.1, 0.15) is 13.8 Å². The minimum atomic E-state index is -5.20. The van der Waals surface area contributed by atoms with Gasteiger partial charge in [0.05, 0.1) is 21.6 Å². The first kappa shape index (κ1) is 37.6. The molecule has 1 aliphatic heterocycles. The molecule has 9 nitrogen and oxygen atoms in total. The van der Waals surface area contributed by atoms with Gasteiger partial charge in [0, 0.05) is 68.5 Å². The third kappa shape index (κ3) is 8.74. The van der Waals surface area contributed by atoms with Crippen molar-refractivity contribution in [3.8, 4) is 22.5 Å². The standard InChI is InChI=1S/C39H38N2O7S4/c1-3-40(21-23-49-30-11-7-5-8-12-30)28-15-18-33-36(25-28)48-37-26-29(41(4-2)22-24-50-31-13-9-6-10-14-31)16-19-34(37)39(33)35-20-17-32(51(42,43)44)27-38(35)52(45,46)47/h5-20,25-27H,3-4,21-24H2,1-2H3,(H-,42,43,44,45,46,47). The fourth-order valence-electron chi connectivity index (χ4n) is 6.15. The molecule has 1 aliphatic carbocycles. The number of fused-ring (bicyclic) bond motifs is 2. The number of hydrogen-bond acceptors (Lipinski definition) is 9. The summed E-state index contributed by atoms with van der Waals surface area (Å²) in [4.78, 5) is 3.14. The Morgan fingerprint density at radius 2 is 1.42 bits per heavy atom. The van der Waals surface area contributed by atoms with Crippen LogP contribution in [0.2, 0.25) is 0 Å². The second kappa shape index (κ2) is 16.3. The zero-order valence-corrected chi connectivity index (χ0v) is 31.9. The van der Waals surface area contributed by atoms with Gasteiger partial charge in [-0.05, 0) is 68.4 Å². The highest BCUT2D eigenvalue weighted by molar-refractivity contribution is 7.99. The van der Waals surface area contributed by atoms with Gasteiger partial charge in [0.2, 0.25) is 5.36 Å². The Morgan fingerprint density at radius 3 is 2.04 bits per heavy atom. The summed E-state index contributed by atoms with van der Waals surface area (Å²) in [6.45, 7) is 7.12. The van der Waals surface area contributed by atoms with Crippen LogP contribution in [0.4, 0.5) is 5.69 Å². The van der Waals surface area contributed by atoms with E-state index in [0.29, 0.717) is 33.9 Å². The Hall–Kier alpha value is -4.11. The zero-order valence-electron chi connectivity index (χ0n) is 28.6. The Balaban J connectivity index is 1.49. The number of rotatable bonds is 14. The summed E-state index contributed by atoms with van der Waals surface area (Å²) in [5.41, 5.74) is 2.31. The van der Waals surface area contributed by atoms with Gasteiger partial charge in [-0.2, -0.15) is 8.42 Å². The lowest BCUT2D eigenvalue weighted by Gasteiger charge is -2.24. The van der Waals surface area contributed by atoms with Gasteiger partial charge in [-0.25, -0.2) is 13.0 Å². The molecule has 1 N–H and O–H groups in total. The van der Waals surface area contributed by atoms with Crippen molar-refractivity contribution >= 4 is 60.4 Å². The average molecular weight is 775 g/mol. The molecular formula is C39H38N2O7S4. The van der Waals surface area contributed by atoms with Crippen molar-refractivity contribution in [3.05, 3.63) is 121 Å². The minimum Gasteiger partial charge on any atom is -0.744 e. The van der Waals surface area contributed by atoms with Crippen LogP contribution in [0.15, 0.2) is 139 Å². The maximum atomic E-state index is 12.7. The highest BCUT2D eigenvalue weighted by Crippen LogP contribution is 2.43. The molecule has 6 rings (SSSR count). The van der Waals surface area contributed by atoms with E-state index in [2.05, 4.69) is 47.6 Å². The molecular weight excluding hydrogens is 737 g/mol. The number of hydrogen-bond donors (Lipinski definition) is 1. The Bertz CT molecular complexity index is 2450. The van der Waals surface area contributed by atoms with E-state index in [9.17, 15) is 25.9 Å². The highest BCUT2D eigenvalue weighted by atomic mass is 32.2. The van der Waals surface area contributed by atoms with Gasteiger partial charge in [0.15, 0.2) is 6.54 Å². The average Bonchev–Trinajstić information content (AvgIpc) is 3.13. The summed E-state index contributed by atoms with van der Waals surface area (Å²) in [6.07, 6.45) is 0. The van der Waals surface area contributed by atoms with Crippen molar-refractivity contribution in [2.45, 2.75) is 33.4 Å². The Kier molecular flexibility index (Phi) is 11.8. The van der Waals surface area contributed by atoms with Gasteiger partial charge in [-0.15, -0.1) is 23.5 Å². The maximum absolute atomic E-state index is 12.7. The van der Waals surface area contributed by atoms with E-state index in [1.807, 2.05) is 72.8 Å². The number of nitrogens with zero attached hydrogens (tertiary/aromatic N) is 2. The van der Waals surface area contributed by atoms with E-state index < -0.39 is 30.0 Å². The molecule has 4 aromatic rings. The van der Waals surface area contributed by atoms with E-state index >= 15 is 0 Å². The van der Waals surface area contributed by atoms with Crippen molar-refractivity contribution < 1.29 is 30.4 Å². The third-order valence-electron chi connectivity index (χ3n) is 8.72. The predicted octanol–water partition coefficient (Wildman–Crippen LogP) is 7.56. The molecule has 1 heterocycles. The first-order valence-corrected chi connectivity index (χ1v) is 21.5. The van der Waals surface area contributed by atoms with E-state index in [-0.39, 0.29) is 5.56 Å². The summed E-state index contributed by atoms with van der Waals surface area (Å²) >= 11 is 3.53. The van der Waals surface area contributed by atoms with Gasteiger partial charge in [-0.1, -0.05) is 42.5 Å². The Morgan fingerprint density at radius 1 is 0.769 bits per heavy atom. The van der Waals surface area contributed by atoms with Gasteiger partial charge in [0.25, 0.3) is 10.1 Å². The first-order valence-electron chi connectivity index (χ1n) is 16.7. The summed E-state index contributed by atoms with van der Waals surface area (Å²) in [5, 5.41) is 1.44. The van der Waals surface area contributed by atoms with Crippen LogP contribution in [-0.4, -0.2) is 63.6 Å². The molecule has 0 aromatic heterocycles. The Labute approximate surface area is 312 Å². The minimum absolute atomic E-state index is 0.00641. The molecule has 270 valence electrons. The quantitative estimate of drug-likeness (QED) is 0.0512. The second-order valence-electron chi connectivity index (χ2n) is 11.9. The highest BCUT2D eigenvalue weighted by Gasteiger charge is 2.25. The van der Waals surface area contributed by atoms with Gasteiger partial charge >= 0.3 is 0 Å². The van der Waals surface area contributed by atoms with Gasteiger partial charge in [0.1, 0.15) is 28.0 Å². The molecule has 0 saturated carbocycles. The van der Waals surface area contributed by atoms with E-state index in [4.69, 9.17) is 4.42 Å². The largest absolute Gasteiger partial charge is 0.744 e. The molecule has 0 fully saturated rings. The molecule has 4 aromatic carbocycles. The molecule has 0 spiro atoms. The third-order valence-corrected chi connectivity index (χ3v) is 12.4. The van der Waals surface area contributed by atoms with Gasteiger partial charge in [-0.3, -0.25) is 4.55 Å². The normalized spacial score (nSPS) is 12.7. The number of thioether (sulfide) groups is 2. The van der Waals surface area contributed by atoms with Crippen LogP contribution in [-0.2, 0) is 20.2 Å². The summed E-state index contributed by atoms with van der Waals surface area (Å²) in [7, 11) is -9.99. The molecule has 0 saturated heterocycles. The fourth-order valence-corrected chi connectivity index (χ4v) is 9.23. The maximum Gasteiger partial charge on any atom is 0.294 e. The molecule has 0 radical (unpaired) electrons. The fraction of sp³-hybridized carbons (Fsp3) is 0.205. The van der Waals surface area contributed by atoms with Crippen molar-refractivity contribution in [2.75, 3.05) is 42.6 Å². The van der Waals surface area contributed by atoms with Crippen LogP contribution in [0.25, 0.3) is 33.4 Å². The number of anilines is 1. The summed E-state index contributed by atoms with van der Waals surface area (Å²) in [5.74, 6) is 2.15. The van der Waals surface area contributed by atoms with Crippen molar-refractivity contribution in [3.63, 3.8) is 0 Å². The molecule has 0 bridgehead atoms. The van der Waals surface area contributed by atoms with Crippen molar-refractivity contribution in [2.24, 2.45) is 0 Å². The van der Waals surface area contributed by atoms with Gasteiger partial charge < -0.3 is 13.9 Å². The zero-order chi connectivity index (χ0) is 36.9. The monoisotopic (exact) mass is 774 g/mol. The smallest absolute Gasteiger partial charge is 0.294 e. The molecule has 2 aliphatic rings. The summed E-state index contributed by atoms with van der Waals surface area (Å²) in [6, 6.07) is 34.8. The lowest BCUT2D eigenvalue weighted by atomic mass is 9.93. The topological polar surface area (TPSA) is 131 Å². The van der Waals surface area contributed by atoms with Crippen LogP contribution in [0, 0.1) is 0 Å². The summed E-state index contributed by atoms with van der Waals surface area (Å²) < 4.78 is 80.5. The van der Waals surface area contributed by atoms with E-state index in [0.717, 1.165) is 54.8 Å². The second-order valence-corrected chi connectivity index (χ2v) is 17.0. The predicted molar refractivity (Wildman–Crippen MR) is 209 cm³/mol. The molecule has 0 amide bonds.